The molecule has 34 heavy (non-hydrogen) atoms. The van der Waals surface area contributed by atoms with Crippen molar-refractivity contribution in [3.05, 3.63) is 71.8 Å². The van der Waals surface area contributed by atoms with Gasteiger partial charge in [0.2, 0.25) is 11.8 Å². The van der Waals surface area contributed by atoms with Crippen LogP contribution in [0.1, 0.15) is 24.5 Å². The van der Waals surface area contributed by atoms with Gasteiger partial charge in [0.15, 0.2) is 6.61 Å². The molecule has 2 atom stereocenters. The predicted molar refractivity (Wildman–Crippen MR) is 123 cm³/mol. The molecule has 3 aromatic rings. The van der Waals surface area contributed by atoms with Gasteiger partial charge in [-0.2, -0.15) is 13.2 Å². The van der Waals surface area contributed by atoms with E-state index in [0.29, 0.717) is 29.5 Å². The highest BCUT2D eigenvalue weighted by atomic mass is 19.4. The molecule has 8 heteroatoms. The number of fused-ring (bicyclic) bond motifs is 2. The number of anilines is 1. The van der Waals surface area contributed by atoms with Crippen LogP contribution in [0.15, 0.2) is 60.7 Å². The standard InChI is InChI=1S/C26H25F3N2O3/c1-16(24(30)32)19-12-10-18-7-3-5-9-22(18)31(25(19)33)14-21-20-8-4-2-6-17(20)11-13-23(21)34-15-26(27,28)29/h2-9,11,13,16,19H,10,12,14-15H2,1H3,(H2,30,32)/t16?,19-/m0/s1. The molecule has 0 fully saturated rings. The summed E-state index contributed by atoms with van der Waals surface area (Å²) < 4.78 is 44.0. The fraction of sp³-hybridized carbons (Fsp3) is 0.308. The summed E-state index contributed by atoms with van der Waals surface area (Å²) in [6.07, 6.45) is -3.48. The van der Waals surface area contributed by atoms with Gasteiger partial charge in [0.1, 0.15) is 5.75 Å². The highest BCUT2D eigenvalue weighted by molar-refractivity contribution is 6.00. The number of para-hydroxylation sites is 1. The van der Waals surface area contributed by atoms with Gasteiger partial charge in [-0.05, 0) is 41.3 Å². The van der Waals surface area contributed by atoms with Crippen molar-refractivity contribution in [1.82, 2.24) is 0 Å². The van der Waals surface area contributed by atoms with E-state index in [1.54, 1.807) is 36.1 Å². The Morgan fingerprint density at radius 2 is 1.82 bits per heavy atom. The number of nitrogens with two attached hydrogens (primary N) is 1. The second-order valence-electron chi connectivity index (χ2n) is 8.56. The van der Waals surface area contributed by atoms with Crippen LogP contribution < -0.4 is 15.4 Å². The Hall–Kier alpha value is -3.55. The number of halogens is 3. The summed E-state index contributed by atoms with van der Waals surface area (Å²) in [6.45, 7) is 0.186. The van der Waals surface area contributed by atoms with E-state index in [1.807, 2.05) is 30.3 Å². The van der Waals surface area contributed by atoms with E-state index < -0.39 is 30.5 Å². The molecule has 0 spiro atoms. The Morgan fingerprint density at radius 1 is 1.12 bits per heavy atom. The van der Waals surface area contributed by atoms with Crippen molar-refractivity contribution in [3.63, 3.8) is 0 Å². The Labute approximate surface area is 195 Å². The van der Waals surface area contributed by atoms with Crippen LogP contribution in [0.25, 0.3) is 10.8 Å². The van der Waals surface area contributed by atoms with E-state index in [9.17, 15) is 22.8 Å². The van der Waals surface area contributed by atoms with Crippen LogP contribution >= 0.6 is 0 Å². The van der Waals surface area contributed by atoms with Gasteiger partial charge in [0, 0.05) is 17.2 Å². The predicted octanol–water partition coefficient (Wildman–Crippen LogP) is 5.00. The third-order valence-corrected chi connectivity index (χ3v) is 6.35. The minimum absolute atomic E-state index is 0.00757. The average molecular weight is 470 g/mol. The van der Waals surface area contributed by atoms with Gasteiger partial charge in [-0.3, -0.25) is 9.59 Å². The Balaban J connectivity index is 1.82. The molecule has 0 radical (unpaired) electrons. The first-order chi connectivity index (χ1) is 16.2. The minimum atomic E-state index is -4.50. The number of hydrogen-bond acceptors (Lipinski definition) is 3. The lowest BCUT2D eigenvalue weighted by atomic mass is 9.88. The maximum atomic E-state index is 13.7. The molecule has 4 rings (SSSR count). The van der Waals surface area contributed by atoms with Crippen molar-refractivity contribution in [2.45, 2.75) is 32.5 Å². The second-order valence-corrected chi connectivity index (χ2v) is 8.56. The number of ether oxygens (including phenoxy) is 1. The zero-order valence-corrected chi connectivity index (χ0v) is 18.6. The Kier molecular flexibility index (Phi) is 6.50. The monoisotopic (exact) mass is 470 g/mol. The SMILES string of the molecule is CC(C(N)=O)[C@@H]1CCc2ccccc2N(Cc2c(OCC(F)(F)F)ccc3ccccc23)C1=O. The number of aryl methyl sites for hydroxylation is 1. The first kappa shape index (κ1) is 23.6. The van der Waals surface area contributed by atoms with Crippen LogP contribution in [0, 0.1) is 11.8 Å². The smallest absolute Gasteiger partial charge is 0.422 e. The number of primary amides is 1. The third kappa shape index (κ3) is 4.85. The molecule has 0 saturated heterocycles. The number of alkyl halides is 3. The number of nitrogens with zero attached hydrogens (tertiary/aromatic N) is 1. The molecule has 2 N–H and O–H groups in total. The molecule has 5 nitrogen and oxygen atoms in total. The molecule has 1 unspecified atom stereocenters. The number of amides is 2. The van der Waals surface area contributed by atoms with Gasteiger partial charge < -0.3 is 15.4 Å². The average Bonchev–Trinajstić information content (AvgIpc) is 2.94. The molecule has 1 heterocycles. The summed E-state index contributed by atoms with van der Waals surface area (Å²) in [5, 5.41) is 1.51. The van der Waals surface area contributed by atoms with Crippen molar-refractivity contribution in [3.8, 4) is 5.75 Å². The van der Waals surface area contributed by atoms with Crippen molar-refractivity contribution < 1.29 is 27.5 Å². The normalized spacial score (nSPS) is 17.2. The van der Waals surface area contributed by atoms with Crippen LogP contribution in [0.2, 0.25) is 0 Å². The van der Waals surface area contributed by atoms with Gasteiger partial charge >= 0.3 is 6.18 Å². The Morgan fingerprint density at radius 3 is 2.56 bits per heavy atom. The number of carbonyl (C=O) groups is 2. The minimum Gasteiger partial charge on any atom is -0.484 e. The molecule has 0 bridgehead atoms. The highest BCUT2D eigenvalue weighted by Gasteiger charge is 2.36. The van der Waals surface area contributed by atoms with Crippen molar-refractivity contribution in [1.29, 1.82) is 0 Å². The van der Waals surface area contributed by atoms with Crippen LogP contribution in [0.4, 0.5) is 18.9 Å². The van der Waals surface area contributed by atoms with Gasteiger partial charge in [-0.15, -0.1) is 0 Å². The molecule has 178 valence electrons. The zero-order chi connectivity index (χ0) is 24.5. The van der Waals surface area contributed by atoms with Gasteiger partial charge in [-0.25, -0.2) is 0 Å². The fourth-order valence-electron chi connectivity index (χ4n) is 4.50. The van der Waals surface area contributed by atoms with E-state index in [1.165, 1.54) is 6.07 Å². The molecular weight excluding hydrogens is 445 g/mol. The number of rotatable bonds is 6. The molecule has 0 saturated carbocycles. The third-order valence-electron chi connectivity index (χ3n) is 6.35. The largest absolute Gasteiger partial charge is 0.484 e. The lowest BCUT2D eigenvalue weighted by molar-refractivity contribution is -0.153. The maximum Gasteiger partial charge on any atom is 0.422 e. The van der Waals surface area contributed by atoms with Crippen molar-refractivity contribution in [2.75, 3.05) is 11.5 Å². The molecule has 3 aromatic carbocycles. The summed E-state index contributed by atoms with van der Waals surface area (Å²) in [5.41, 5.74) is 7.59. The second kappa shape index (κ2) is 9.37. The van der Waals surface area contributed by atoms with E-state index in [-0.39, 0.29) is 18.2 Å². The molecule has 2 amide bonds. The molecule has 1 aliphatic rings. The highest BCUT2D eigenvalue weighted by Crippen LogP contribution is 2.37. The first-order valence-electron chi connectivity index (χ1n) is 11.0. The fourth-order valence-corrected chi connectivity index (χ4v) is 4.50. The Bertz CT molecular complexity index is 1230. The van der Waals surface area contributed by atoms with E-state index >= 15 is 0 Å². The molecule has 0 aliphatic carbocycles. The van der Waals surface area contributed by atoms with Crippen LogP contribution in [0.5, 0.6) is 5.75 Å². The summed E-state index contributed by atoms with van der Waals surface area (Å²) in [4.78, 5) is 27.2. The lowest BCUT2D eigenvalue weighted by Crippen LogP contribution is -2.41. The van der Waals surface area contributed by atoms with E-state index in [0.717, 1.165) is 10.9 Å². The molecule has 1 aliphatic heterocycles. The van der Waals surface area contributed by atoms with Gasteiger partial charge in [-0.1, -0.05) is 55.5 Å². The lowest BCUT2D eigenvalue weighted by Gasteiger charge is -2.29. The quantitative estimate of drug-likeness (QED) is 0.551. The van der Waals surface area contributed by atoms with Crippen LogP contribution in [0.3, 0.4) is 0 Å². The summed E-state index contributed by atoms with van der Waals surface area (Å²) in [5.74, 6) is -2.11. The topological polar surface area (TPSA) is 72.6 Å². The summed E-state index contributed by atoms with van der Waals surface area (Å²) >= 11 is 0. The van der Waals surface area contributed by atoms with Gasteiger partial charge in [0.05, 0.1) is 12.5 Å². The number of carbonyl (C=O) groups excluding carboxylic acids is 2. The number of hydrogen-bond donors (Lipinski definition) is 1. The maximum absolute atomic E-state index is 13.7. The first-order valence-corrected chi connectivity index (χ1v) is 11.0. The van der Waals surface area contributed by atoms with Crippen molar-refractivity contribution >= 4 is 28.3 Å². The zero-order valence-electron chi connectivity index (χ0n) is 18.6. The van der Waals surface area contributed by atoms with Crippen LogP contribution in [-0.2, 0) is 22.6 Å². The van der Waals surface area contributed by atoms with Crippen LogP contribution in [-0.4, -0.2) is 24.6 Å². The summed E-state index contributed by atoms with van der Waals surface area (Å²) in [6, 6.07) is 17.9. The molecule has 0 aromatic heterocycles. The molecular formula is C26H25F3N2O3. The van der Waals surface area contributed by atoms with E-state index in [4.69, 9.17) is 10.5 Å². The van der Waals surface area contributed by atoms with Crippen molar-refractivity contribution in [2.24, 2.45) is 17.6 Å². The number of benzene rings is 3. The van der Waals surface area contributed by atoms with Gasteiger partial charge in [0.25, 0.3) is 0 Å². The van der Waals surface area contributed by atoms with E-state index in [2.05, 4.69) is 0 Å². The summed E-state index contributed by atoms with van der Waals surface area (Å²) in [7, 11) is 0.